The van der Waals surface area contributed by atoms with Crippen LogP contribution >= 0.6 is 0 Å². The SMILES string of the molecule is CCOC(=O)Cc1cccc(NC(=O)[C@@H]2CCCc3cccnc32)c1. The molecule has 0 spiro atoms. The number of amides is 1. The number of nitrogens with one attached hydrogen (secondary N) is 1. The van der Waals surface area contributed by atoms with Gasteiger partial charge in [-0.05, 0) is 55.5 Å². The van der Waals surface area contributed by atoms with Crippen molar-refractivity contribution in [2.75, 3.05) is 11.9 Å². The summed E-state index contributed by atoms with van der Waals surface area (Å²) in [5.74, 6) is -0.539. The third-order valence-corrected chi connectivity index (χ3v) is 4.36. The number of aryl methyl sites for hydroxylation is 1. The van der Waals surface area contributed by atoms with Crippen LogP contribution in [0.15, 0.2) is 42.6 Å². The third kappa shape index (κ3) is 4.24. The predicted molar refractivity (Wildman–Crippen MR) is 95.3 cm³/mol. The van der Waals surface area contributed by atoms with Crippen molar-refractivity contribution in [1.29, 1.82) is 0 Å². The first-order chi connectivity index (χ1) is 12.2. The molecule has 0 fully saturated rings. The standard InChI is InChI=1S/C20H22N2O3/c1-2-25-18(23)13-14-6-3-9-16(12-14)22-20(24)17-10-4-7-15-8-5-11-21-19(15)17/h3,5-6,8-9,11-12,17H,2,4,7,10,13H2,1H3,(H,22,24)/t17-/m1/s1. The lowest BCUT2D eigenvalue weighted by Gasteiger charge is -2.23. The van der Waals surface area contributed by atoms with E-state index in [2.05, 4.69) is 10.3 Å². The first-order valence-electron chi connectivity index (χ1n) is 8.66. The molecule has 0 radical (unpaired) electrons. The molecule has 1 heterocycles. The summed E-state index contributed by atoms with van der Waals surface area (Å²) in [7, 11) is 0. The molecule has 130 valence electrons. The van der Waals surface area contributed by atoms with Crippen molar-refractivity contribution in [3.05, 3.63) is 59.4 Å². The Kier molecular flexibility index (Phi) is 5.43. The number of esters is 1. The van der Waals surface area contributed by atoms with Gasteiger partial charge in [0.05, 0.1) is 24.6 Å². The lowest BCUT2D eigenvalue weighted by atomic mass is 9.86. The number of benzene rings is 1. The summed E-state index contributed by atoms with van der Waals surface area (Å²) in [6.07, 6.45) is 4.70. The van der Waals surface area contributed by atoms with Crippen LogP contribution in [-0.4, -0.2) is 23.5 Å². The number of rotatable bonds is 5. The number of aromatic nitrogens is 1. The zero-order chi connectivity index (χ0) is 17.6. The van der Waals surface area contributed by atoms with E-state index in [-0.39, 0.29) is 24.2 Å². The Balaban J connectivity index is 1.71. The minimum Gasteiger partial charge on any atom is -0.466 e. The Morgan fingerprint density at radius 2 is 2.16 bits per heavy atom. The van der Waals surface area contributed by atoms with Crippen molar-refractivity contribution in [3.63, 3.8) is 0 Å². The van der Waals surface area contributed by atoms with Crippen molar-refractivity contribution in [3.8, 4) is 0 Å². The van der Waals surface area contributed by atoms with E-state index in [0.29, 0.717) is 12.3 Å². The van der Waals surface area contributed by atoms with Crippen molar-refractivity contribution >= 4 is 17.6 Å². The molecule has 5 heteroatoms. The number of ether oxygens (including phenoxy) is 1. The molecule has 0 bridgehead atoms. The minimum atomic E-state index is -0.267. The van der Waals surface area contributed by atoms with Crippen molar-refractivity contribution < 1.29 is 14.3 Å². The monoisotopic (exact) mass is 338 g/mol. The predicted octanol–water partition coefficient (Wildman–Crippen LogP) is 3.25. The van der Waals surface area contributed by atoms with E-state index in [1.807, 2.05) is 36.4 Å². The maximum absolute atomic E-state index is 12.7. The number of pyridine rings is 1. The number of fused-ring (bicyclic) bond motifs is 1. The molecule has 3 rings (SSSR count). The molecule has 1 aliphatic rings. The molecule has 0 saturated heterocycles. The van der Waals surface area contributed by atoms with Crippen LogP contribution in [0.25, 0.3) is 0 Å². The summed E-state index contributed by atoms with van der Waals surface area (Å²) >= 11 is 0. The lowest BCUT2D eigenvalue weighted by molar-refractivity contribution is -0.142. The van der Waals surface area contributed by atoms with Crippen LogP contribution in [-0.2, 0) is 27.2 Å². The van der Waals surface area contributed by atoms with Crippen molar-refractivity contribution in [2.24, 2.45) is 0 Å². The molecule has 5 nitrogen and oxygen atoms in total. The molecule has 1 amide bonds. The summed E-state index contributed by atoms with van der Waals surface area (Å²) in [5.41, 5.74) is 3.55. The topological polar surface area (TPSA) is 68.3 Å². The van der Waals surface area contributed by atoms with E-state index in [0.717, 1.165) is 36.1 Å². The Morgan fingerprint density at radius 1 is 1.28 bits per heavy atom. The van der Waals surface area contributed by atoms with Gasteiger partial charge in [-0.15, -0.1) is 0 Å². The highest BCUT2D eigenvalue weighted by atomic mass is 16.5. The average Bonchev–Trinajstić information content (AvgIpc) is 2.61. The van der Waals surface area contributed by atoms with Gasteiger partial charge in [0.1, 0.15) is 0 Å². The van der Waals surface area contributed by atoms with Gasteiger partial charge in [0.2, 0.25) is 5.91 Å². The highest BCUT2D eigenvalue weighted by Gasteiger charge is 2.27. The maximum atomic E-state index is 12.7. The van der Waals surface area contributed by atoms with Gasteiger partial charge in [-0.2, -0.15) is 0 Å². The molecule has 1 aliphatic carbocycles. The van der Waals surface area contributed by atoms with E-state index >= 15 is 0 Å². The molecule has 1 aromatic heterocycles. The first kappa shape index (κ1) is 17.1. The largest absolute Gasteiger partial charge is 0.466 e. The number of anilines is 1. The smallest absolute Gasteiger partial charge is 0.310 e. The number of hydrogen-bond donors (Lipinski definition) is 1. The van der Waals surface area contributed by atoms with Crippen LogP contribution in [0, 0.1) is 0 Å². The average molecular weight is 338 g/mol. The van der Waals surface area contributed by atoms with Crippen LogP contribution in [0.2, 0.25) is 0 Å². The number of carbonyl (C=O) groups is 2. The fourth-order valence-electron chi connectivity index (χ4n) is 3.23. The van der Waals surface area contributed by atoms with E-state index in [1.54, 1.807) is 13.1 Å². The Hall–Kier alpha value is -2.69. The molecule has 0 aliphatic heterocycles. The van der Waals surface area contributed by atoms with E-state index in [9.17, 15) is 9.59 Å². The summed E-state index contributed by atoms with van der Waals surface area (Å²) in [6.45, 7) is 2.15. The van der Waals surface area contributed by atoms with E-state index in [4.69, 9.17) is 4.74 Å². The minimum absolute atomic E-state index is 0.0482. The first-order valence-corrected chi connectivity index (χ1v) is 8.66. The normalized spacial score (nSPS) is 16.0. The van der Waals surface area contributed by atoms with Gasteiger partial charge in [0, 0.05) is 11.9 Å². The van der Waals surface area contributed by atoms with Crippen LogP contribution in [0.1, 0.15) is 42.5 Å². The summed E-state index contributed by atoms with van der Waals surface area (Å²) in [6, 6.07) is 11.3. The molecule has 1 atom stereocenters. The van der Waals surface area contributed by atoms with Gasteiger partial charge < -0.3 is 10.1 Å². The van der Waals surface area contributed by atoms with E-state index in [1.165, 1.54) is 0 Å². The summed E-state index contributed by atoms with van der Waals surface area (Å²) < 4.78 is 4.97. The van der Waals surface area contributed by atoms with Crippen LogP contribution < -0.4 is 5.32 Å². The highest BCUT2D eigenvalue weighted by Crippen LogP contribution is 2.30. The Bertz CT molecular complexity index is 773. The fourth-order valence-corrected chi connectivity index (χ4v) is 3.23. The summed E-state index contributed by atoms with van der Waals surface area (Å²) in [5, 5.41) is 2.97. The highest BCUT2D eigenvalue weighted by molar-refractivity contribution is 5.96. The third-order valence-electron chi connectivity index (χ3n) is 4.36. The molecular weight excluding hydrogens is 316 g/mol. The molecule has 2 aromatic rings. The number of hydrogen-bond acceptors (Lipinski definition) is 4. The van der Waals surface area contributed by atoms with Crippen molar-refractivity contribution in [2.45, 2.75) is 38.5 Å². The Labute approximate surface area is 147 Å². The molecule has 25 heavy (non-hydrogen) atoms. The van der Waals surface area contributed by atoms with Crippen molar-refractivity contribution in [1.82, 2.24) is 4.98 Å². The van der Waals surface area contributed by atoms with Gasteiger partial charge in [0.15, 0.2) is 0 Å². The van der Waals surface area contributed by atoms with Gasteiger partial charge in [-0.3, -0.25) is 14.6 Å². The number of carbonyl (C=O) groups excluding carboxylic acids is 2. The van der Waals surface area contributed by atoms with Crippen LogP contribution in [0.5, 0.6) is 0 Å². The molecule has 0 unspecified atom stereocenters. The van der Waals surface area contributed by atoms with Gasteiger partial charge in [-0.25, -0.2) is 0 Å². The molecule has 1 aromatic carbocycles. The number of nitrogens with zero attached hydrogens (tertiary/aromatic N) is 1. The molecule has 1 N–H and O–H groups in total. The second-order valence-electron chi connectivity index (χ2n) is 6.16. The second-order valence-corrected chi connectivity index (χ2v) is 6.16. The zero-order valence-electron chi connectivity index (χ0n) is 14.3. The fraction of sp³-hybridized carbons (Fsp3) is 0.350. The summed E-state index contributed by atoms with van der Waals surface area (Å²) in [4.78, 5) is 28.8. The quantitative estimate of drug-likeness (QED) is 0.850. The Morgan fingerprint density at radius 3 is 3.00 bits per heavy atom. The van der Waals surface area contributed by atoms with Gasteiger partial charge in [-0.1, -0.05) is 18.2 Å². The van der Waals surface area contributed by atoms with Gasteiger partial charge >= 0.3 is 5.97 Å². The molecular formula is C20H22N2O3. The van der Waals surface area contributed by atoms with E-state index < -0.39 is 0 Å². The van der Waals surface area contributed by atoms with Gasteiger partial charge in [0.25, 0.3) is 0 Å². The van der Waals surface area contributed by atoms with Crippen LogP contribution in [0.3, 0.4) is 0 Å². The second kappa shape index (κ2) is 7.92. The zero-order valence-corrected chi connectivity index (χ0v) is 14.3. The molecule has 0 saturated carbocycles. The maximum Gasteiger partial charge on any atom is 0.310 e. The van der Waals surface area contributed by atoms with Crippen LogP contribution in [0.4, 0.5) is 5.69 Å². The lowest BCUT2D eigenvalue weighted by Crippen LogP contribution is -2.25.